The summed E-state index contributed by atoms with van der Waals surface area (Å²) in [5.41, 5.74) is 0.798. The molecule has 0 saturated heterocycles. The average molecular weight is 345 g/mol. The summed E-state index contributed by atoms with van der Waals surface area (Å²) in [7, 11) is 0. The van der Waals surface area contributed by atoms with Crippen molar-refractivity contribution >= 4 is 22.4 Å². The number of anilines is 1. The molecule has 10 heteroatoms. The summed E-state index contributed by atoms with van der Waals surface area (Å²) in [6.45, 7) is 3.93. The Kier molecular flexibility index (Phi) is 4.75. The lowest BCUT2D eigenvalue weighted by Gasteiger charge is -2.06. The predicted octanol–water partition coefficient (Wildman–Crippen LogP) is 1.65. The van der Waals surface area contributed by atoms with E-state index in [0.717, 1.165) is 10.7 Å². The number of benzene rings is 1. The van der Waals surface area contributed by atoms with Gasteiger partial charge < -0.3 is 4.74 Å². The number of aromatic nitrogens is 6. The molecule has 0 atom stereocenters. The third kappa shape index (κ3) is 3.90. The Labute approximate surface area is 141 Å². The smallest absolute Gasteiger partial charge is 0.264 e. The maximum absolute atomic E-state index is 11.9. The van der Waals surface area contributed by atoms with E-state index < -0.39 is 0 Å². The number of carbonyl (C=O) groups excluding carboxylic acids is 1. The summed E-state index contributed by atoms with van der Waals surface area (Å²) in [6.07, 6.45) is 1.50. The van der Waals surface area contributed by atoms with E-state index in [0.29, 0.717) is 10.9 Å². The molecule has 24 heavy (non-hydrogen) atoms. The van der Waals surface area contributed by atoms with Crippen molar-refractivity contribution in [3.8, 4) is 11.4 Å². The highest BCUT2D eigenvalue weighted by molar-refractivity contribution is 7.15. The molecule has 9 nitrogen and oxygen atoms in total. The maximum Gasteiger partial charge on any atom is 0.264 e. The average Bonchev–Trinajstić information content (AvgIpc) is 3.25. The van der Waals surface area contributed by atoms with Gasteiger partial charge in [-0.3, -0.25) is 10.1 Å². The van der Waals surface area contributed by atoms with Gasteiger partial charge in [0.25, 0.3) is 5.91 Å². The van der Waals surface area contributed by atoms with Crippen LogP contribution in [-0.2, 0) is 4.79 Å². The Bertz CT molecular complexity index is 799. The van der Waals surface area contributed by atoms with E-state index in [1.54, 1.807) is 24.3 Å². The lowest BCUT2D eigenvalue weighted by molar-refractivity contribution is -0.118. The summed E-state index contributed by atoms with van der Waals surface area (Å²) < 4.78 is 6.98. The molecule has 0 spiro atoms. The summed E-state index contributed by atoms with van der Waals surface area (Å²) >= 11 is 1.36. The van der Waals surface area contributed by atoms with Crippen molar-refractivity contribution in [3.05, 3.63) is 35.6 Å². The van der Waals surface area contributed by atoms with Crippen molar-refractivity contribution in [1.82, 2.24) is 30.4 Å². The molecule has 2 heterocycles. The van der Waals surface area contributed by atoms with Crippen LogP contribution >= 0.6 is 11.3 Å². The second-order valence-corrected chi connectivity index (χ2v) is 6.19. The van der Waals surface area contributed by atoms with Crippen LogP contribution in [0, 0.1) is 0 Å². The van der Waals surface area contributed by atoms with Gasteiger partial charge in [-0.1, -0.05) is 25.2 Å². The van der Waals surface area contributed by atoms with Crippen LogP contribution in [0.1, 0.15) is 24.8 Å². The number of nitrogens with zero attached hydrogens (tertiary/aromatic N) is 6. The maximum atomic E-state index is 11.9. The molecule has 0 aliphatic rings. The highest BCUT2D eigenvalue weighted by Gasteiger charge is 2.11. The monoisotopic (exact) mass is 345 g/mol. The summed E-state index contributed by atoms with van der Waals surface area (Å²) in [4.78, 5) is 11.9. The number of rotatable bonds is 6. The van der Waals surface area contributed by atoms with E-state index >= 15 is 0 Å². The molecule has 0 radical (unpaired) electrons. The highest BCUT2D eigenvalue weighted by Crippen LogP contribution is 2.22. The first-order valence-corrected chi connectivity index (χ1v) is 8.03. The van der Waals surface area contributed by atoms with E-state index in [1.165, 1.54) is 22.3 Å². The van der Waals surface area contributed by atoms with E-state index in [-0.39, 0.29) is 18.4 Å². The molecular formula is C14H15N7O2S. The molecule has 0 saturated carbocycles. The van der Waals surface area contributed by atoms with Gasteiger partial charge in [0.15, 0.2) is 6.61 Å². The largest absolute Gasteiger partial charge is 0.484 e. The molecule has 1 N–H and O–H groups in total. The topological polar surface area (TPSA) is 108 Å². The number of amides is 1. The molecule has 0 unspecified atom stereocenters. The van der Waals surface area contributed by atoms with Crippen molar-refractivity contribution in [2.24, 2.45) is 0 Å². The van der Waals surface area contributed by atoms with Crippen molar-refractivity contribution in [2.45, 2.75) is 19.8 Å². The first-order chi connectivity index (χ1) is 11.6. The molecule has 124 valence electrons. The Morgan fingerprint density at radius 2 is 2.08 bits per heavy atom. The minimum atomic E-state index is -0.286. The van der Waals surface area contributed by atoms with Crippen molar-refractivity contribution < 1.29 is 9.53 Å². The molecule has 3 aromatic rings. The highest BCUT2D eigenvalue weighted by atomic mass is 32.1. The first kappa shape index (κ1) is 16.0. The fourth-order valence-electron chi connectivity index (χ4n) is 1.80. The predicted molar refractivity (Wildman–Crippen MR) is 87.3 cm³/mol. The van der Waals surface area contributed by atoms with E-state index in [9.17, 15) is 4.79 Å². The Hall–Kier alpha value is -2.88. The van der Waals surface area contributed by atoms with Crippen LogP contribution in [0.3, 0.4) is 0 Å². The van der Waals surface area contributed by atoms with E-state index in [4.69, 9.17) is 4.74 Å². The Morgan fingerprint density at radius 3 is 2.71 bits per heavy atom. The normalized spacial score (nSPS) is 10.8. The van der Waals surface area contributed by atoms with Gasteiger partial charge in [0.05, 0.1) is 5.69 Å². The summed E-state index contributed by atoms with van der Waals surface area (Å²) in [5, 5.41) is 22.9. The molecule has 0 fully saturated rings. The minimum Gasteiger partial charge on any atom is -0.484 e. The number of ether oxygens (including phenoxy) is 1. The van der Waals surface area contributed by atoms with Crippen molar-refractivity contribution in [3.63, 3.8) is 0 Å². The second-order valence-electron chi connectivity index (χ2n) is 5.19. The standard InChI is InChI=1S/C14H15N7O2S/c1-9(2)13-17-18-14(24-13)16-12(22)7-23-11-5-3-10(4-6-11)21-8-15-19-20-21/h3-6,8-9H,7H2,1-2H3,(H,16,18,22). The summed E-state index contributed by atoms with van der Waals surface area (Å²) in [6, 6.07) is 7.07. The molecule has 1 aromatic carbocycles. The fourth-order valence-corrected chi connectivity index (χ4v) is 2.56. The molecule has 3 rings (SSSR count). The molecule has 1 amide bonds. The third-order valence-corrected chi connectivity index (χ3v) is 4.14. The second kappa shape index (κ2) is 7.13. The van der Waals surface area contributed by atoms with Gasteiger partial charge in [0, 0.05) is 5.92 Å². The van der Waals surface area contributed by atoms with Gasteiger partial charge in [-0.05, 0) is 34.7 Å². The molecule has 0 aliphatic heterocycles. The van der Waals surface area contributed by atoms with Crippen LogP contribution in [0.5, 0.6) is 5.75 Å². The lowest BCUT2D eigenvalue weighted by Crippen LogP contribution is -2.20. The van der Waals surface area contributed by atoms with Gasteiger partial charge in [-0.15, -0.1) is 15.3 Å². The minimum absolute atomic E-state index is 0.110. The van der Waals surface area contributed by atoms with Crippen molar-refractivity contribution in [1.29, 1.82) is 0 Å². The summed E-state index contributed by atoms with van der Waals surface area (Å²) in [5.74, 6) is 0.566. The SMILES string of the molecule is CC(C)c1nnc(NC(=O)COc2ccc(-n3cnnn3)cc2)s1. The van der Waals surface area contributed by atoms with Gasteiger partial charge in [0.1, 0.15) is 17.1 Å². The van der Waals surface area contributed by atoms with Crippen LogP contribution in [0.2, 0.25) is 0 Å². The zero-order valence-corrected chi connectivity index (χ0v) is 13.9. The zero-order valence-electron chi connectivity index (χ0n) is 13.1. The van der Waals surface area contributed by atoms with Crippen LogP contribution in [0.4, 0.5) is 5.13 Å². The zero-order chi connectivity index (χ0) is 16.9. The quantitative estimate of drug-likeness (QED) is 0.723. The molecular weight excluding hydrogens is 330 g/mol. The van der Waals surface area contributed by atoms with Gasteiger partial charge in [0.2, 0.25) is 5.13 Å². The Balaban J connectivity index is 1.52. The lowest BCUT2D eigenvalue weighted by atomic mass is 10.2. The van der Waals surface area contributed by atoms with E-state index in [2.05, 4.69) is 31.0 Å². The van der Waals surface area contributed by atoms with Crippen LogP contribution in [-0.4, -0.2) is 42.9 Å². The number of hydrogen-bond acceptors (Lipinski definition) is 8. The van der Waals surface area contributed by atoms with Gasteiger partial charge in [-0.25, -0.2) is 4.68 Å². The Morgan fingerprint density at radius 1 is 1.29 bits per heavy atom. The number of carbonyl (C=O) groups is 1. The number of hydrogen-bond donors (Lipinski definition) is 1. The van der Waals surface area contributed by atoms with Crippen LogP contribution in [0.25, 0.3) is 5.69 Å². The number of tetrazole rings is 1. The fraction of sp³-hybridized carbons (Fsp3) is 0.286. The molecule has 0 aliphatic carbocycles. The van der Waals surface area contributed by atoms with Gasteiger partial charge in [-0.2, -0.15) is 0 Å². The van der Waals surface area contributed by atoms with Crippen LogP contribution in [0.15, 0.2) is 30.6 Å². The first-order valence-electron chi connectivity index (χ1n) is 7.21. The number of nitrogens with one attached hydrogen (secondary N) is 1. The molecule has 0 bridgehead atoms. The van der Waals surface area contributed by atoms with Gasteiger partial charge >= 0.3 is 0 Å². The van der Waals surface area contributed by atoms with Crippen LogP contribution < -0.4 is 10.1 Å². The third-order valence-electron chi connectivity index (χ3n) is 3.00. The molecule has 2 aromatic heterocycles. The van der Waals surface area contributed by atoms with E-state index in [1.807, 2.05) is 13.8 Å². The van der Waals surface area contributed by atoms with Crippen molar-refractivity contribution in [2.75, 3.05) is 11.9 Å².